The van der Waals surface area contributed by atoms with Gasteiger partial charge in [-0.3, -0.25) is 0 Å². The van der Waals surface area contributed by atoms with Crippen LogP contribution in [0.4, 0.5) is 8.78 Å². The lowest BCUT2D eigenvalue weighted by Crippen LogP contribution is -2.41. The molecule has 0 saturated heterocycles. The molecule has 1 aliphatic rings. The highest BCUT2D eigenvalue weighted by Gasteiger charge is 2.34. The lowest BCUT2D eigenvalue weighted by molar-refractivity contribution is 0.507. The molecule has 106 valence electrons. The van der Waals surface area contributed by atoms with E-state index in [0.717, 1.165) is 18.9 Å². The van der Waals surface area contributed by atoms with Gasteiger partial charge in [0.2, 0.25) is 10.0 Å². The van der Waals surface area contributed by atoms with Crippen molar-refractivity contribution in [2.24, 2.45) is 11.7 Å². The van der Waals surface area contributed by atoms with E-state index >= 15 is 0 Å². The topological polar surface area (TPSA) is 72.2 Å². The molecule has 7 heteroatoms. The quantitative estimate of drug-likeness (QED) is 0.858. The highest BCUT2D eigenvalue weighted by molar-refractivity contribution is 7.89. The standard InChI is InChI=1S/C12H16F2N2O2S/c1-7-4-10(14)12(5-9(7)13)19(17,18)16-11(6-15)8-2-3-8/h4-5,8,11,16H,2-3,6,15H2,1H3/t11-/m0/s1. The number of nitrogens with two attached hydrogens (primary N) is 1. The summed E-state index contributed by atoms with van der Waals surface area (Å²) in [5.74, 6) is -1.52. The summed E-state index contributed by atoms with van der Waals surface area (Å²) in [4.78, 5) is -0.672. The molecule has 2 rings (SSSR count). The van der Waals surface area contributed by atoms with Crippen molar-refractivity contribution in [3.63, 3.8) is 0 Å². The molecule has 1 atom stereocenters. The van der Waals surface area contributed by atoms with Crippen molar-refractivity contribution in [3.8, 4) is 0 Å². The van der Waals surface area contributed by atoms with Crippen LogP contribution in [-0.4, -0.2) is 21.0 Å². The first-order valence-corrected chi connectivity index (χ1v) is 7.51. The Morgan fingerprint density at radius 2 is 2.00 bits per heavy atom. The molecule has 4 nitrogen and oxygen atoms in total. The van der Waals surface area contributed by atoms with E-state index in [-0.39, 0.29) is 18.0 Å². The fourth-order valence-corrected chi connectivity index (χ4v) is 3.32. The van der Waals surface area contributed by atoms with Crippen LogP contribution < -0.4 is 10.5 Å². The second-order valence-corrected chi connectivity index (χ2v) is 6.52. The summed E-state index contributed by atoms with van der Waals surface area (Å²) in [6, 6.07) is 1.15. The molecule has 1 aromatic rings. The van der Waals surface area contributed by atoms with Crippen molar-refractivity contribution in [2.75, 3.05) is 6.54 Å². The summed E-state index contributed by atoms with van der Waals surface area (Å²) in [6.45, 7) is 1.51. The molecule has 3 N–H and O–H groups in total. The second kappa shape index (κ2) is 5.15. The fourth-order valence-electron chi connectivity index (χ4n) is 1.93. The monoisotopic (exact) mass is 290 g/mol. The van der Waals surface area contributed by atoms with E-state index in [1.54, 1.807) is 0 Å². The number of nitrogens with one attached hydrogen (secondary N) is 1. The predicted octanol–water partition coefficient (Wildman–Crippen LogP) is 1.29. The van der Waals surface area contributed by atoms with Gasteiger partial charge in [-0.05, 0) is 43.4 Å². The lowest BCUT2D eigenvalue weighted by Gasteiger charge is -2.16. The van der Waals surface area contributed by atoms with Crippen LogP contribution in [0.2, 0.25) is 0 Å². The van der Waals surface area contributed by atoms with Gasteiger partial charge < -0.3 is 5.73 Å². The summed E-state index contributed by atoms with van der Waals surface area (Å²) in [5, 5.41) is 0. The first kappa shape index (κ1) is 14.4. The van der Waals surface area contributed by atoms with Crippen LogP contribution in [0.25, 0.3) is 0 Å². The van der Waals surface area contributed by atoms with E-state index in [1.165, 1.54) is 6.92 Å². The average Bonchev–Trinajstić information content (AvgIpc) is 3.14. The molecular weight excluding hydrogens is 274 g/mol. The summed E-state index contributed by atoms with van der Waals surface area (Å²) in [6.07, 6.45) is 1.80. The number of rotatable bonds is 5. The molecule has 0 aromatic heterocycles. The van der Waals surface area contributed by atoms with Gasteiger partial charge in [-0.15, -0.1) is 0 Å². The minimum Gasteiger partial charge on any atom is -0.329 e. The van der Waals surface area contributed by atoms with Crippen LogP contribution >= 0.6 is 0 Å². The van der Waals surface area contributed by atoms with Crippen LogP contribution in [0.3, 0.4) is 0 Å². The Morgan fingerprint density at radius 1 is 1.37 bits per heavy atom. The normalized spacial score (nSPS) is 17.5. The van der Waals surface area contributed by atoms with Crippen LogP contribution in [0.1, 0.15) is 18.4 Å². The van der Waals surface area contributed by atoms with E-state index in [0.29, 0.717) is 6.07 Å². The number of sulfonamides is 1. The van der Waals surface area contributed by atoms with E-state index in [4.69, 9.17) is 5.73 Å². The Morgan fingerprint density at radius 3 is 2.53 bits per heavy atom. The molecule has 0 spiro atoms. The maximum Gasteiger partial charge on any atom is 0.243 e. The second-order valence-electron chi connectivity index (χ2n) is 4.83. The van der Waals surface area contributed by atoms with Crippen molar-refractivity contribution in [3.05, 3.63) is 29.3 Å². The molecule has 0 unspecified atom stereocenters. The Kier molecular flexibility index (Phi) is 3.89. The molecule has 0 bridgehead atoms. The third kappa shape index (κ3) is 3.10. The third-order valence-electron chi connectivity index (χ3n) is 3.25. The van der Waals surface area contributed by atoms with E-state index in [9.17, 15) is 17.2 Å². The molecule has 1 aliphatic carbocycles. The van der Waals surface area contributed by atoms with Crippen molar-refractivity contribution in [1.29, 1.82) is 0 Å². The van der Waals surface area contributed by atoms with Crippen molar-refractivity contribution < 1.29 is 17.2 Å². The largest absolute Gasteiger partial charge is 0.329 e. The molecule has 0 aliphatic heterocycles. The van der Waals surface area contributed by atoms with Gasteiger partial charge in [0.25, 0.3) is 0 Å². The van der Waals surface area contributed by atoms with Gasteiger partial charge in [-0.1, -0.05) is 0 Å². The van der Waals surface area contributed by atoms with Crippen LogP contribution in [-0.2, 0) is 10.0 Å². The van der Waals surface area contributed by atoms with Gasteiger partial charge in [0.1, 0.15) is 16.5 Å². The summed E-state index contributed by atoms with van der Waals surface area (Å²) < 4.78 is 53.5. The lowest BCUT2D eigenvalue weighted by atomic mass is 10.2. The molecule has 19 heavy (non-hydrogen) atoms. The number of hydrogen-bond acceptors (Lipinski definition) is 3. The molecule has 1 aromatic carbocycles. The Bertz CT molecular complexity index is 586. The molecular formula is C12H16F2N2O2S. The van der Waals surface area contributed by atoms with Gasteiger partial charge in [0.15, 0.2) is 0 Å². The van der Waals surface area contributed by atoms with Gasteiger partial charge in [-0.25, -0.2) is 21.9 Å². The number of aryl methyl sites for hydroxylation is 1. The van der Waals surface area contributed by atoms with Gasteiger partial charge >= 0.3 is 0 Å². The summed E-state index contributed by atoms with van der Waals surface area (Å²) in [7, 11) is -4.09. The van der Waals surface area contributed by atoms with Gasteiger partial charge in [-0.2, -0.15) is 0 Å². The zero-order valence-corrected chi connectivity index (χ0v) is 11.3. The predicted molar refractivity (Wildman–Crippen MR) is 67.0 cm³/mol. The van der Waals surface area contributed by atoms with E-state index in [2.05, 4.69) is 4.72 Å². The Labute approximate surface area is 111 Å². The van der Waals surface area contributed by atoms with Crippen molar-refractivity contribution in [2.45, 2.75) is 30.7 Å². The molecule has 0 amide bonds. The SMILES string of the molecule is Cc1cc(F)c(S(=O)(=O)N[C@@H](CN)C2CC2)cc1F. The molecule has 1 fully saturated rings. The van der Waals surface area contributed by atoms with Crippen LogP contribution in [0.5, 0.6) is 0 Å². The zero-order chi connectivity index (χ0) is 14.2. The highest BCUT2D eigenvalue weighted by atomic mass is 32.2. The summed E-state index contributed by atoms with van der Waals surface area (Å²) >= 11 is 0. The first-order valence-electron chi connectivity index (χ1n) is 6.03. The van der Waals surface area contributed by atoms with Gasteiger partial charge in [0, 0.05) is 12.6 Å². The van der Waals surface area contributed by atoms with Crippen LogP contribution in [0.15, 0.2) is 17.0 Å². The fraction of sp³-hybridized carbons (Fsp3) is 0.500. The average molecular weight is 290 g/mol. The zero-order valence-electron chi connectivity index (χ0n) is 10.5. The summed E-state index contributed by atoms with van der Waals surface area (Å²) in [5.41, 5.74) is 5.56. The van der Waals surface area contributed by atoms with E-state index in [1.807, 2.05) is 0 Å². The first-order chi connectivity index (χ1) is 8.85. The Hall–Kier alpha value is -1.05. The minimum atomic E-state index is -4.09. The van der Waals surface area contributed by atoms with Gasteiger partial charge in [0.05, 0.1) is 0 Å². The van der Waals surface area contributed by atoms with E-state index < -0.39 is 32.6 Å². The number of halogens is 2. The smallest absolute Gasteiger partial charge is 0.243 e. The third-order valence-corrected chi connectivity index (χ3v) is 4.76. The molecule has 0 radical (unpaired) electrons. The Balaban J connectivity index is 2.31. The molecule has 0 heterocycles. The number of hydrogen-bond donors (Lipinski definition) is 2. The maximum absolute atomic E-state index is 13.7. The molecule has 1 saturated carbocycles. The highest BCUT2D eigenvalue weighted by Crippen LogP contribution is 2.33. The van der Waals surface area contributed by atoms with Crippen molar-refractivity contribution >= 4 is 10.0 Å². The number of benzene rings is 1. The van der Waals surface area contributed by atoms with Crippen molar-refractivity contribution in [1.82, 2.24) is 4.72 Å². The van der Waals surface area contributed by atoms with Crippen LogP contribution in [0, 0.1) is 24.5 Å². The minimum absolute atomic E-state index is 0.0639. The maximum atomic E-state index is 13.7.